The minimum atomic E-state index is -0.568. The van der Waals surface area contributed by atoms with Crippen molar-refractivity contribution in [2.45, 2.75) is 6.61 Å². The average Bonchev–Trinajstić information content (AvgIpc) is 3.06. The zero-order chi connectivity index (χ0) is 14.8. The Bertz CT molecular complexity index is 826. The highest BCUT2D eigenvalue weighted by atomic mass is 32.1. The van der Waals surface area contributed by atoms with Crippen LogP contribution in [-0.4, -0.2) is 29.4 Å². The summed E-state index contributed by atoms with van der Waals surface area (Å²) in [6.45, 7) is -0.119. The number of aromatic nitrogens is 6. The van der Waals surface area contributed by atoms with Crippen LogP contribution in [0.1, 0.15) is 5.56 Å². The molecule has 108 valence electrons. The average molecular weight is 308 g/mol. The van der Waals surface area contributed by atoms with E-state index in [9.17, 15) is 9.18 Å². The van der Waals surface area contributed by atoms with Gasteiger partial charge in [0.05, 0.1) is 11.3 Å². The summed E-state index contributed by atoms with van der Waals surface area (Å²) in [5, 5.41) is 13.0. The van der Waals surface area contributed by atoms with Gasteiger partial charge in [0.25, 0.3) is 0 Å². The molecule has 0 spiro atoms. The predicted octanol–water partition coefficient (Wildman–Crippen LogP) is 0.563. The lowest BCUT2D eigenvalue weighted by Crippen LogP contribution is -2.18. The first-order valence-corrected chi connectivity index (χ1v) is 6.21. The maximum atomic E-state index is 14.0. The third-order valence-corrected chi connectivity index (χ3v) is 2.93. The molecule has 3 rings (SSSR count). The summed E-state index contributed by atoms with van der Waals surface area (Å²) >= 11 is 3.97. The van der Waals surface area contributed by atoms with Crippen molar-refractivity contribution in [1.82, 2.24) is 29.4 Å². The molecule has 10 heteroatoms. The first-order chi connectivity index (χ1) is 10.1. The summed E-state index contributed by atoms with van der Waals surface area (Å²) in [5.74, 6) is -0.237. The minimum Gasteiger partial charge on any atom is -0.472 e. The van der Waals surface area contributed by atoms with E-state index in [0.29, 0.717) is 0 Å². The third-order valence-electron chi connectivity index (χ3n) is 2.71. The van der Waals surface area contributed by atoms with E-state index < -0.39 is 11.5 Å². The molecule has 1 aromatic carbocycles. The van der Waals surface area contributed by atoms with Gasteiger partial charge in [-0.05, 0) is 35.4 Å². The number of nitrogens with one attached hydrogen (secondary N) is 1. The van der Waals surface area contributed by atoms with Crippen LogP contribution >= 0.6 is 12.8 Å². The largest absolute Gasteiger partial charge is 0.472 e. The first-order valence-electron chi connectivity index (χ1n) is 5.81. The van der Waals surface area contributed by atoms with Crippen molar-refractivity contribution in [3.8, 4) is 11.6 Å². The fourth-order valence-corrected chi connectivity index (χ4v) is 1.92. The van der Waals surface area contributed by atoms with Crippen LogP contribution < -0.4 is 10.4 Å². The number of ether oxygens (including phenoxy) is 1. The smallest absolute Gasteiger partial charge is 0.365 e. The number of H-pyrrole nitrogens is 1. The van der Waals surface area contributed by atoms with E-state index in [0.717, 1.165) is 4.68 Å². The Morgan fingerprint density at radius 3 is 2.90 bits per heavy atom. The van der Waals surface area contributed by atoms with Crippen molar-refractivity contribution >= 4 is 12.8 Å². The van der Waals surface area contributed by atoms with E-state index in [1.54, 1.807) is 18.3 Å². The number of benzene rings is 1. The number of hydrogen-bond acceptors (Lipinski definition) is 6. The van der Waals surface area contributed by atoms with Crippen molar-refractivity contribution in [1.29, 1.82) is 0 Å². The van der Waals surface area contributed by atoms with Gasteiger partial charge < -0.3 is 4.74 Å². The Morgan fingerprint density at radius 2 is 2.24 bits per heavy atom. The Balaban J connectivity index is 1.94. The molecule has 1 N–H and O–H groups in total. The number of nitrogens with zero attached hydrogens (tertiary/aromatic N) is 5. The molecule has 0 unspecified atom stereocenters. The SMILES string of the molecule is O=c1[nH]nnn1-c1cccc(F)c1COc1ccn(S)n1. The molecule has 0 aliphatic heterocycles. The summed E-state index contributed by atoms with van der Waals surface area (Å²) in [5.41, 5.74) is -0.150. The quantitative estimate of drug-likeness (QED) is 0.687. The Labute approximate surface area is 122 Å². The van der Waals surface area contributed by atoms with Gasteiger partial charge in [-0.2, -0.15) is 4.68 Å². The van der Waals surface area contributed by atoms with Gasteiger partial charge in [0.15, 0.2) is 0 Å². The van der Waals surface area contributed by atoms with E-state index >= 15 is 0 Å². The molecule has 21 heavy (non-hydrogen) atoms. The monoisotopic (exact) mass is 308 g/mol. The van der Waals surface area contributed by atoms with Crippen LogP contribution in [0.4, 0.5) is 4.39 Å². The maximum Gasteiger partial charge on any atom is 0.365 e. The zero-order valence-corrected chi connectivity index (χ0v) is 11.4. The maximum absolute atomic E-state index is 14.0. The van der Waals surface area contributed by atoms with Crippen molar-refractivity contribution in [2.24, 2.45) is 0 Å². The van der Waals surface area contributed by atoms with Crippen molar-refractivity contribution < 1.29 is 9.13 Å². The van der Waals surface area contributed by atoms with Crippen molar-refractivity contribution in [2.75, 3.05) is 0 Å². The molecule has 0 fully saturated rings. The standard InChI is InChI=1S/C11H9FN6O2S/c12-8-2-1-3-9(18-11(19)13-15-16-18)7(8)6-20-10-4-5-17(21)14-10/h1-5,21H,6H2,(H,13,16,19). The number of aromatic amines is 1. The minimum absolute atomic E-state index is 0.119. The lowest BCUT2D eigenvalue weighted by atomic mass is 10.2. The molecule has 0 amide bonds. The Morgan fingerprint density at radius 1 is 1.38 bits per heavy atom. The lowest BCUT2D eigenvalue weighted by Gasteiger charge is -2.09. The number of hydrogen-bond donors (Lipinski definition) is 2. The van der Waals surface area contributed by atoms with Crippen LogP contribution in [0.3, 0.4) is 0 Å². The molecule has 8 nitrogen and oxygen atoms in total. The van der Waals surface area contributed by atoms with E-state index in [-0.39, 0.29) is 23.7 Å². The molecule has 0 aliphatic carbocycles. The Hall–Kier alpha value is -2.62. The number of thiol groups is 1. The molecule has 3 aromatic rings. The fourth-order valence-electron chi connectivity index (χ4n) is 1.77. The summed E-state index contributed by atoms with van der Waals surface area (Å²) in [6, 6.07) is 5.86. The number of rotatable bonds is 4. The molecule has 2 aromatic heterocycles. The van der Waals surface area contributed by atoms with E-state index in [1.165, 1.54) is 16.2 Å². The normalized spacial score (nSPS) is 10.8. The second-order valence-electron chi connectivity index (χ2n) is 4.02. The van der Waals surface area contributed by atoms with Gasteiger partial charge in [0, 0.05) is 12.3 Å². The summed E-state index contributed by atoms with van der Waals surface area (Å²) in [7, 11) is 0. The van der Waals surface area contributed by atoms with Gasteiger partial charge in [0.1, 0.15) is 12.4 Å². The fraction of sp³-hybridized carbons (Fsp3) is 0.0909. The van der Waals surface area contributed by atoms with Crippen LogP contribution in [0.25, 0.3) is 5.69 Å². The van der Waals surface area contributed by atoms with Crippen molar-refractivity contribution in [3.63, 3.8) is 0 Å². The summed E-state index contributed by atoms with van der Waals surface area (Å²) in [6.07, 6.45) is 1.57. The molecule has 0 atom stereocenters. The lowest BCUT2D eigenvalue weighted by molar-refractivity contribution is 0.286. The number of halogens is 1. The molecule has 0 bridgehead atoms. The van der Waals surface area contributed by atoms with Crippen LogP contribution in [0.15, 0.2) is 35.3 Å². The molecule has 0 aliphatic rings. The van der Waals surface area contributed by atoms with Gasteiger partial charge in [-0.25, -0.2) is 18.4 Å². The second kappa shape index (κ2) is 5.40. The van der Waals surface area contributed by atoms with Gasteiger partial charge in [-0.3, -0.25) is 0 Å². The van der Waals surface area contributed by atoms with Gasteiger partial charge in [0.2, 0.25) is 5.88 Å². The first kappa shape index (κ1) is 13.4. The van der Waals surface area contributed by atoms with Gasteiger partial charge in [-0.1, -0.05) is 6.07 Å². The highest BCUT2D eigenvalue weighted by molar-refractivity contribution is 7.78. The van der Waals surface area contributed by atoms with Gasteiger partial charge in [-0.15, -0.1) is 5.10 Å². The Kier molecular flexibility index (Phi) is 3.44. The molecular formula is C11H9FN6O2S. The highest BCUT2D eigenvalue weighted by Gasteiger charge is 2.14. The second-order valence-corrected chi connectivity index (χ2v) is 4.43. The van der Waals surface area contributed by atoms with Crippen LogP contribution in [0.5, 0.6) is 5.88 Å². The molecule has 0 saturated heterocycles. The topological polar surface area (TPSA) is 90.6 Å². The third kappa shape index (κ3) is 2.65. The molecular weight excluding hydrogens is 299 g/mol. The van der Waals surface area contributed by atoms with E-state index in [2.05, 4.69) is 33.4 Å². The number of tetrazole rings is 1. The van der Waals surface area contributed by atoms with Crippen molar-refractivity contribution in [3.05, 3.63) is 52.3 Å². The highest BCUT2D eigenvalue weighted by Crippen LogP contribution is 2.18. The summed E-state index contributed by atoms with van der Waals surface area (Å²) < 4.78 is 21.6. The van der Waals surface area contributed by atoms with E-state index in [1.807, 2.05) is 0 Å². The van der Waals surface area contributed by atoms with Gasteiger partial charge >= 0.3 is 5.69 Å². The molecule has 2 heterocycles. The van der Waals surface area contributed by atoms with Crippen LogP contribution in [-0.2, 0) is 6.61 Å². The van der Waals surface area contributed by atoms with Crippen LogP contribution in [0.2, 0.25) is 0 Å². The van der Waals surface area contributed by atoms with E-state index in [4.69, 9.17) is 4.74 Å². The predicted molar refractivity (Wildman–Crippen MR) is 72.9 cm³/mol. The molecule has 0 saturated carbocycles. The molecule has 0 radical (unpaired) electrons. The van der Waals surface area contributed by atoms with Crippen LogP contribution in [0, 0.1) is 5.82 Å². The summed E-state index contributed by atoms with van der Waals surface area (Å²) in [4.78, 5) is 11.6. The zero-order valence-electron chi connectivity index (χ0n) is 10.5.